The monoisotopic (exact) mass is 633 g/mol. The molecule has 0 fully saturated rings. The van der Waals surface area contributed by atoms with Gasteiger partial charge in [0.1, 0.15) is 12.6 Å². The summed E-state index contributed by atoms with van der Waals surface area (Å²) in [7, 11) is -3.82. The third-order valence-electron chi connectivity index (χ3n) is 6.36. The molecule has 10 heteroatoms. The van der Waals surface area contributed by atoms with Crippen molar-refractivity contribution in [2.45, 2.75) is 45.3 Å². The second kappa shape index (κ2) is 14.0. The molecular weight excluding hydrogens is 602 g/mol. The summed E-state index contributed by atoms with van der Waals surface area (Å²) >= 11 is 9.82. The van der Waals surface area contributed by atoms with E-state index in [-0.39, 0.29) is 24.9 Å². The van der Waals surface area contributed by atoms with Crippen molar-refractivity contribution in [3.63, 3.8) is 0 Å². The molecule has 3 rings (SSSR count). The van der Waals surface area contributed by atoms with Gasteiger partial charge in [0.25, 0.3) is 0 Å². The lowest BCUT2D eigenvalue weighted by molar-refractivity contribution is -0.140. The van der Waals surface area contributed by atoms with Gasteiger partial charge in [-0.15, -0.1) is 0 Å². The Kier molecular flexibility index (Phi) is 11.0. The van der Waals surface area contributed by atoms with Crippen molar-refractivity contribution < 1.29 is 18.0 Å². The molecule has 0 bridgehead atoms. The van der Waals surface area contributed by atoms with Gasteiger partial charge in [-0.2, -0.15) is 0 Å². The molecular formula is C29H33BrClN3O4S. The molecule has 0 spiro atoms. The van der Waals surface area contributed by atoms with Gasteiger partial charge in [0.2, 0.25) is 21.8 Å². The Hall–Kier alpha value is -2.88. The quantitative estimate of drug-likeness (QED) is 0.288. The molecule has 3 aromatic rings. The Labute approximate surface area is 244 Å². The maximum absolute atomic E-state index is 14.0. The molecule has 0 radical (unpaired) electrons. The lowest BCUT2D eigenvalue weighted by atomic mass is 10.0. The molecule has 208 valence electrons. The number of nitrogens with zero attached hydrogens (tertiary/aromatic N) is 2. The van der Waals surface area contributed by atoms with Crippen molar-refractivity contribution in [3.05, 3.63) is 99.5 Å². The molecule has 2 atom stereocenters. The van der Waals surface area contributed by atoms with E-state index in [4.69, 9.17) is 11.6 Å². The number of halogens is 2. The van der Waals surface area contributed by atoms with Gasteiger partial charge in [-0.3, -0.25) is 13.9 Å². The first-order valence-corrected chi connectivity index (χ1v) is 15.6. The Morgan fingerprint density at radius 2 is 1.59 bits per heavy atom. The number of carbonyl (C=O) groups is 2. The smallest absolute Gasteiger partial charge is 0.244 e. The van der Waals surface area contributed by atoms with Crippen LogP contribution in [0.25, 0.3) is 0 Å². The highest BCUT2D eigenvalue weighted by molar-refractivity contribution is 9.10. The molecule has 39 heavy (non-hydrogen) atoms. The van der Waals surface area contributed by atoms with Gasteiger partial charge in [-0.05, 0) is 54.8 Å². The number of anilines is 1. The fraction of sp³-hybridized carbons (Fsp3) is 0.310. The SMILES string of the molecule is CC[C@@H](C)NC(=O)[C@H](Cc1ccccc1)N(Cc1ccccc1Cl)C(=O)CN(c1ccc(Br)cc1)S(C)(=O)=O. The highest BCUT2D eigenvalue weighted by atomic mass is 79.9. The summed E-state index contributed by atoms with van der Waals surface area (Å²) in [4.78, 5) is 29.1. The van der Waals surface area contributed by atoms with Gasteiger partial charge in [0.15, 0.2) is 0 Å². The van der Waals surface area contributed by atoms with Crippen LogP contribution in [0.2, 0.25) is 5.02 Å². The third-order valence-corrected chi connectivity index (χ3v) is 8.40. The lowest BCUT2D eigenvalue weighted by Gasteiger charge is -2.34. The van der Waals surface area contributed by atoms with E-state index in [9.17, 15) is 18.0 Å². The maximum atomic E-state index is 14.0. The summed E-state index contributed by atoms with van der Waals surface area (Å²) in [5, 5.41) is 3.45. The van der Waals surface area contributed by atoms with E-state index in [2.05, 4.69) is 21.2 Å². The zero-order chi connectivity index (χ0) is 28.6. The zero-order valence-electron chi connectivity index (χ0n) is 22.2. The van der Waals surface area contributed by atoms with Crippen LogP contribution in [0.1, 0.15) is 31.4 Å². The van der Waals surface area contributed by atoms with E-state index in [1.807, 2.05) is 44.2 Å². The minimum atomic E-state index is -3.82. The van der Waals surface area contributed by atoms with Crippen molar-refractivity contribution in [1.82, 2.24) is 10.2 Å². The Bertz CT molecular complexity index is 1370. The molecule has 0 saturated heterocycles. The van der Waals surface area contributed by atoms with Crippen LogP contribution in [-0.4, -0.2) is 50.0 Å². The zero-order valence-corrected chi connectivity index (χ0v) is 25.3. The number of hydrogen-bond donors (Lipinski definition) is 1. The summed E-state index contributed by atoms with van der Waals surface area (Å²) in [6, 6.07) is 22.2. The highest BCUT2D eigenvalue weighted by Gasteiger charge is 2.33. The van der Waals surface area contributed by atoms with Crippen LogP contribution in [0.15, 0.2) is 83.3 Å². The van der Waals surface area contributed by atoms with Crippen LogP contribution in [0.4, 0.5) is 5.69 Å². The Balaban J connectivity index is 2.06. The number of rotatable bonds is 12. The van der Waals surface area contributed by atoms with Gasteiger partial charge < -0.3 is 10.2 Å². The summed E-state index contributed by atoms with van der Waals surface area (Å²) in [5.74, 6) is -0.841. The molecule has 0 aliphatic carbocycles. The number of amides is 2. The fourth-order valence-corrected chi connectivity index (χ4v) is 5.34. The average molecular weight is 635 g/mol. The maximum Gasteiger partial charge on any atom is 0.244 e. The molecule has 0 heterocycles. The van der Waals surface area contributed by atoms with Gasteiger partial charge in [0.05, 0.1) is 11.9 Å². The van der Waals surface area contributed by atoms with Crippen LogP contribution < -0.4 is 9.62 Å². The van der Waals surface area contributed by atoms with E-state index >= 15 is 0 Å². The van der Waals surface area contributed by atoms with Crippen LogP contribution >= 0.6 is 27.5 Å². The minimum Gasteiger partial charge on any atom is -0.352 e. The molecule has 3 aromatic carbocycles. The number of carbonyl (C=O) groups excluding carboxylic acids is 2. The van der Waals surface area contributed by atoms with Crippen LogP contribution in [0.5, 0.6) is 0 Å². The third kappa shape index (κ3) is 8.81. The molecule has 1 N–H and O–H groups in total. The van der Waals surface area contributed by atoms with E-state index in [1.165, 1.54) is 4.90 Å². The predicted octanol–water partition coefficient (Wildman–Crippen LogP) is 5.42. The van der Waals surface area contributed by atoms with Crippen molar-refractivity contribution in [2.24, 2.45) is 0 Å². The normalized spacial score (nSPS) is 12.8. The highest BCUT2D eigenvalue weighted by Crippen LogP contribution is 2.24. The first-order chi connectivity index (χ1) is 18.5. The van der Waals surface area contributed by atoms with Gasteiger partial charge >= 0.3 is 0 Å². The van der Waals surface area contributed by atoms with Crippen LogP contribution in [0.3, 0.4) is 0 Å². The molecule has 7 nitrogen and oxygen atoms in total. The molecule has 0 aliphatic rings. The van der Waals surface area contributed by atoms with E-state index in [0.29, 0.717) is 22.7 Å². The first-order valence-electron chi connectivity index (χ1n) is 12.6. The standard InChI is InChI=1S/C29H33BrClN3O4S/c1-4-21(2)32-29(36)27(18-22-10-6-5-7-11-22)33(19-23-12-8-9-13-26(23)31)28(35)20-34(39(3,37)38)25-16-14-24(30)15-17-25/h5-17,21,27H,4,18-20H2,1-3H3,(H,32,36)/t21-,27+/m1/s1. The fourth-order valence-electron chi connectivity index (χ4n) is 4.03. The number of nitrogens with one attached hydrogen (secondary N) is 1. The van der Waals surface area contributed by atoms with Gasteiger partial charge in [0, 0.05) is 28.5 Å². The summed E-state index contributed by atoms with van der Waals surface area (Å²) < 4.78 is 27.4. The summed E-state index contributed by atoms with van der Waals surface area (Å²) in [6.45, 7) is 3.41. The molecule has 0 aliphatic heterocycles. The van der Waals surface area contributed by atoms with Gasteiger partial charge in [-0.1, -0.05) is 83.0 Å². The minimum absolute atomic E-state index is 0.0296. The molecule has 0 saturated carbocycles. The summed E-state index contributed by atoms with van der Waals surface area (Å²) in [5.41, 5.74) is 1.86. The molecule has 2 amide bonds. The number of hydrogen-bond acceptors (Lipinski definition) is 4. The second-order valence-corrected chi connectivity index (χ2v) is 12.6. The number of benzene rings is 3. The van der Waals surface area contributed by atoms with Crippen molar-refractivity contribution in [3.8, 4) is 0 Å². The predicted molar refractivity (Wildman–Crippen MR) is 160 cm³/mol. The van der Waals surface area contributed by atoms with Crippen molar-refractivity contribution in [1.29, 1.82) is 0 Å². The average Bonchev–Trinajstić information content (AvgIpc) is 2.90. The van der Waals surface area contributed by atoms with Crippen molar-refractivity contribution >= 4 is 55.1 Å². The largest absolute Gasteiger partial charge is 0.352 e. The molecule has 0 aromatic heterocycles. The van der Waals surface area contributed by atoms with E-state index < -0.39 is 28.5 Å². The van der Waals surface area contributed by atoms with E-state index in [1.54, 1.807) is 48.5 Å². The van der Waals surface area contributed by atoms with Crippen molar-refractivity contribution in [2.75, 3.05) is 17.1 Å². The Morgan fingerprint density at radius 1 is 0.974 bits per heavy atom. The van der Waals surface area contributed by atoms with E-state index in [0.717, 1.165) is 20.6 Å². The lowest BCUT2D eigenvalue weighted by Crippen LogP contribution is -2.54. The van der Waals surface area contributed by atoms with Gasteiger partial charge in [-0.25, -0.2) is 8.42 Å². The number of sulfonamides is 1. The molecule has 0 unspecified atom stereocenters. The topological polar surface area (TPSA) is 86.8 Å². The Morgan fingerprint density at radius 3 is 2.18 bits per heavy atom. The first kappa shape index (κ1) is 30.7. The second-order valence-electron chi connectivity index (χ2n) is 9.38. The summed E-state index contributed by atoms with van der Waals surface area (Å²) in [6.07, 6.45) is 2.02. The van der Waals surface area contributed by atoms with Crippen LogP contribution in [-0.2, 0) is 32.6 Å². The van der Waals surface area contributed by atoms with Crippen LogP contribution in [0, 0.1) is 0 Å².